The molecule has 0 spiro atoms. The molecule has 9 nitrogen and oxygen atoms in total. The third-order valence-electron chi connectivity index (χ3n) is 5.37. The Kier molecular flexibility index (Phi) is 6.45. The van der Waals surface area contributed by atoms with Crippen molar-refractivity contribution in [1.82, 2.24) is 9.80 Å². The zero-order chi connectivity index (χ0) is 23.5. The summed E-state index contributed by atoms with van der Waals surface area (Å²) in [5.41, 5.74) is 1.78. The smallest absolute Gasteiger partial charge is 0.338 e. The lowest BCUT2D eigenvalue weighted by molar-refractivity contribution is -0.130. The van der Waals surface area contributed by atoms with E-state index in [4.69, 9.17) is 26.4 Å². The fourth-order valence-electron chi connectivity index (χ4n) is 3.68. The molecule has 172 valence electrons. The van der Waals surface area contributed by atoms with Gasteiger partial charge in [-0.3, -0.25) is 14.5 Å². The van der Waals surface area contributed by atoms with Crippen molar-refractivity contribution in [3.63, 3.8) is 0 Å². The maximum absolute atomic E-state index is 12.8. The number of benzene rings is 2. The summed E-state index contributed by atoms with van der Waals surface area (Å²) in [5, 5.41) is 3.12. The molecule has 2 aliphatic rings. The van der Waals surface area contributed by atoms with Crippen LogP contribution in [0.25, 0.3) is 0 Å². The number of likely N-dealkylation sites (N-methyl/N-ethyl adjacent to an activating group) is 1. The van der Waals surface area contributed by atoms with Gasteiger partial charge in [0.25, 0.3) is 5.91 Å². The van der Waals surface area contributed by atoms with E-state index in [0.29, 0.717) is 34.4 Å². The molecule has 2 aromatic carbocycles. The minimum Gasteiger partial charge on any atom is -0.462 e. The average molecular weight is 470 g/mol. The lowest BCUT2D eigenvalue weighted by Crippen LogP contribution is -2.37. The van der Waals surface area contributed by atoms with Gasteiger partial charge in [-0.05, 0) is 61.1 Å². The Morgan fingerprint density at radius 3 is 2.61 bits per heavy atom. The molecule has 10 heteroatoms. The second-order valence-electron chi connectivity index (χ2n) is 7.56. The number of hydrogen-bond acceptors (Lipinski definition) is 7. The summed E-state index contributed by atoms with van der Waals surface area (Å²) < 4.78 is 15.7. The number of thiocarbonyl (C=S) groups is 1. The molecule has 1 fully saturated rings. The monoisotopic (exact) mass is 469 g/mol. The molecule has 0 saturated carbocycles. The highest BCUT2D eigenvalue weighted by atomic mass is 32.1. The van der Waals surface area contributed by atoms with E-state index in [-0.39, 0.29) is 31.6 Å². The molecule has 0 radical (unpaired) electrons. The lowest BCUT2D eigenvalue weighted by Gasteiger charge is -2.23. The number of amides is 2. The van der Waals surface area contributed by atoms with E-state index in [1.54, 1.807) is 43.1 Å². The van der Waals surface area contributed by atoms with Gasteiger partial charge in [-0.2, -0.15) is 0 Å². The minimum absolute atomic E-state index is 0.0759. The number of rotatable bonds is 7. The number of ether oxygens (including phenoxy) is 3. The maximum atomic E-state index is 12.8. The van der Waals surface area contributed by atoms with E-state index in [0.717, 1.165) is 5.56 Å². The SMILES string of the molecule is CCOC(=O)c1ccc(NC(=O)CC2C(=O)N(C)C(=S)N2Cc2ccc3c(c2)OCO3)cc1. The first-order chi connectivity index (χ1) is 15.9. The van der Waals surface area contributed by atoms with E-state index < -0.39 is 12.0 Å². The van der Waals surface area contributed by atoms with Crippen LogP contribution in [0.15, 0.2) is 42.5 Å². The predicted octanol–water partition coefficient (Wildman–Crippen LogP) is 2.55. The highest BCUT2D eigenvalue weighted by Crippen LogP contribution is 2.33. The van der Waals surface area contributed by atoms with Gasteiger partial charge in [-0.15, -0.1) is 0 Å². The van der Waals surface area contributed by atoms with Crippen LogP contribution in [0.4, 0.5) is 5.69 Å². The van der Waals surface area contributed by atoms with Crippen LogP contribution in [0.2, 0.25) is 0 Å². The fourth-order valence-corrected chi connectivity index (χ4v) is 3.96. The van der Waals surface area contributed by atoms with E-state index in [9.17, 15) is 14.4 Å². The van der Waals surface area contributed by atoms with Crippen molar-refractivity contribution in [3.05, 3.63) is 53.6 Å². The van der Waals surface area contributed by atoms with Gasteiger partial charge in [0.2, 0.25) is 12.7 Å². The van der Waals surface area contributed by atoms with Gasteiger partial charge in [0, 0.05) is 19.3 Å². The molecule has 0 bridgehead atoms. The van der Waals surface area contributed by atoms with Crippen molar-refractivity contribution >= 4 is 40.8 Å². The van der Waals surface area contributed by atoms with Crippen LogP contribution >= 0.6 is 12.2 Å². The average Bonchev–Trinajstić information content (AvgIpc) is 3.34. The predicted molar refractivity (Wildman–Crippen MR) is 123 cm³/mol. The van der Waals surface area contributed by atoms with Crippen LogP contribution in [-0.4, -0.2) is 59.2 Å². The van der Waals surface area contributed by atoms with Gasteiger partial charge in [0.1, 0.15) is 6.04 Å². The Morgan fingerprint density at radius 2 is 1.88 bits per heavy atom. The highest BCUT2D eigenvalue weighted by molar-refractivity contribution is 7.80. The first-order valence-corrected chi connectivity index (χ1v) is 10.8. The summed E-state index contributed by atoms with van der Waals surface area (Å²) in [6, 6.07) is 11.2. The molecule has 1 saturated heterocycles. The van der Waals surface area contributed by atoms with E-state index in [1.165, 1.54) is 4.90 Å². The zero-order valence-corrected chi connectivity index (χ0v) is 19.0. The summed E-state index contributed by atoms with van der Waals surface area (Å²) in [7, 11) is 1.60. The number of esters is 1. The second-order valence-corrected chi connectivity index (χ2v) is 7.93. The molecule has 1 N–H and O–H groups in total. The number of nitrogens with one attached hydrogen (secondary N) is 1. The molecule has 0 aliphatic carbocycles. The van der Waals surface area contributed by atoms with Crippen molar-refractivity contribution < 1.29 is 28.6 Å². The van der Waals surface area contributed by atoms with Gasteiger partial charge in [-0.25, -0.2) is 4.79 Å². The van der Waals surface area contributed by atoms with Crippen molar-refractivity contribution in [2.45, 2.75) is 25.9 Å². The lowest BCUT2D eigenvalue weighted by atomic mass is 10.1. The molecule has 33 heavy (non-hydrogen) atoms. The largest absolute Gasteiger partial charge is 0.462 e. The Balaban J connectivity index is 1.43. The highest BCUT2D eigenvalue weighted by Gasteiger charge is 2.41. The van der Waals surface area contributed by atoms with Gasteiger partial charge < -0.3 is 24.4 Å². The molecular weight excluding hydrogens is 446 g/mol. The van der Waals surface area contributed by atoms with E-state index in [2.05, 4.69) is 5.32 Å². The quantitative estimate of drug-likeness (QED) is 0.488. The Hall–Kier alpha value is -3.66. The molecule has 2 heterocycles. The molecule has 2 aliphatic heterocycles. The van der Waals surface area contributed by atoms with Crippen LogP contribution < -0.4 is 14.8 Å². The van der Waals surface area contributed by atoms with Crippen LogP contribution in [0.5, 0.6) is 11.5 Å². The van der Waals surface area contributed by atoms with Crippen LogP contribution in [0, 0.1) is 0 Å². The number of nitrogens with zero attached hydrogens (tertiary/aromatic N) is 2. The molecular formula is C23H23N3O6S. The number of carbonyl (C=O) groups excluding carboxylic acids is 3. The van der Waals surface area contributed by atoms with Gasteiger partial charge in [0.15, 0.2) is 16.6 Å². The number of carbonyl (C=O) groups is 3. The van der Waals surface area contributed by atoms with Crippen molar-refractivity contribution in [2.75, 3.05) is 25.8 Å². The summed E-state index contributed by atoms with van der Waals surface area (Å²) in [6.07, 6.45) is -0.0759. The summed E-state index contributed by atoms with van der Waals surface area (Å²) in [4.78, 5) is 40.4. The normalized spacial score (nSPS) is 16.8. The standard InChI is InChI=1S/C23H23N3O6S/c1-3-30-22(29)15-5-7-16(8-6-15)24-20(27)11-17-21(28)25(2)23(33)26(17)12-14-4-9-18-19(10-14)32-13-31-18/h4-10,17H,3,11-13H2,1-2H3,(H,24,27). The van der Waals surface area contributed by atoms with Gasteiger partial charge >= 0.3 is 5.97 Å². The zero-order valence-electron chi connectivity index (χ0n) is 18.2. The van der Waals surface area contributed by atoms with Crippen LogP contribution in [0.1, 0.15) is 29.3 Å². The second kappa shape index (κ2) is 9.45. The van der Waals surface area contributed by atoms with Crippen molar-refractivity contribution in [3.8, 4) is 11.5 Å². The molecule has 4 rings (SSSR count). The first-order valence-electron chi connectivity index (χ1n) is 10.4. The van der Waals surface area contributed by atoms with Crippen LogP contribution in [-0.2, 0) is 20.9 Å². The summed E-state index contributed by atoms with van der Waals surface area (Å²) in [6.45, 7) is 2.53. The number of fused-ring (bicyclic) bond motifs is 1. The topological polar surface area (TPSA) is 97.4 Å². The van der Waals surface area contributed by atoms with Crippen molar-refractivity contribution in [2.24, 2.45) is 0 Å². The molecule has 2 amide bonds. The summed E-state index contributed by atoms with van der Waals surface area (Å²) >= 11 is 5.46. The molecule has 0 aromatic heterocycles. The maximum Gasteiger partial charge on any atom is 0.338 e. The molecule has 1 unspecified atom stereocenters. The van der Waals surface area contributed by atoms with E-state index >= 15 is 0 Å². The van der Waals surface area contributed by atoms with Crippen molar-refractivity contribution in [1.29, 1.82) is 0 Å². The third-order valence-corrected chi connectivity index (χ3v) is 5.88. The van der Waals surface area contributed by atoms with Crippen LogP contribution in [0.3, 0.4) is 0 Å². The molecule has 2 aromatic rings. The Morgan fingerprint density at radius 1 is 1.15 bits per heavy atom. The van der Waals surface area contributed by atoms with Gasteiger partial charge in [-0.1, -0.05) is 6.07 Å². The fraction of sp³-hybridized carbons (Fsp3) is 0.304. The van der Waals surface area contributed by atoms with Gasteiger partial charge in [0.05, 0.1) is 18.6 Å². The first kappa shape index (κ1) is 22.5. The minimum atomic E-state index is -0.730. The molecule has 1 atom stereocenters. The third kappa shape index (κ3) is 4.75. The number of anilines is 1. The number of hydrogen-bond donors (Lipinski definition) is 1. The van der Waals surface area contributed by atoms with E-state index in [1.807, 2.05) is 18.2 Å². The Labute approximate surface area is 196 Å². The summed E-state index contributed by atoms with van der Waals surface area (Å²) in [5.74, 6) is 0.293. The Bertz CT molecular complexity index is 1100.